The molecule has 0 aliphatic rings. The van der Waals surface area contributed by atoms with Crippen molar-refractivity contribution >= 4 is 5.78 Å². The Balaban J connectivity index is 1.83. The van der Waals surface area contributed by atoms with Crippen molar-refractivity contribution in [3.8, 4) is 0 Å². The topological polar surface area (TPSA) is 56.9 Å². The monoisotopic (exact) mass is 339 g/mol. The third-order valence-electron chi connectivity index (χ3n) is 4.07. The zero-order valence-electron chi connectivity index (χ0n) is 14.1. The molecule has 2 aromatic heterocycles. The highest BCUT2D eigenvalue weighted by molar-refractivity contribution is 5.96. The fourth-order valence-corrected chi connectivity index (χ4v) is 2.73. The van der Waals surface area contributed by atoms with E-state index >= 15 is 0 Å². The molecule has 0 saturated heterocycles. The van der Waals surface area contributed by atoms with Crippen LogP contribution in [0.15, 0.2) is 53.6 Å². The number of carbonyl (C=O) groups is 1. The maximum Gasteiger partial charge on any atom is 0.286 e. The molecule has 25 heavy (non-hydrogen) atoms. The van der Waals surface area contributed by atoms with Gasteiger partial charge in [-0.1, -0.05) is 30.3 Å². The first-order valence-corrected chi connectivity index (χ1v) is 7.92. The summed E-state index contributed by atoms with van der Waals surface area (Å²) in [6.45, 7) is 3.82. The van der Waals surface area contributed by atoms with Crippen LogP contribution in [0.5, 0.6) is 0 Å². The number of pyridine rings is 1. The van der Waals surface area contributed by atoms with Crippen LogP contribution < -0.4 is 5.56 Å². The van der Waals surface area contributed by atoms with Crippen LogP contribution in [0.4, 0.5) is 4.39 Å². The smallest absolute Gasteiger partial charge is 0.286 e. The van der Waals surface area contributed by atoms with Crippen LogP contribution in [0.25, 0.3) is 0 Å². The molecule has 5 nitrogen and oxygen atoms in total. The summed E-state index contributed by atoms with van der Waals surface area (Å²) in [7, 11) is 0. The molecule has 0 unspecified atom stereocenters. The predicted octanol–water partition coefficient (Wildman–Crippen LogP) is 2.73. The second-order valence-corrected chi connectivity index (χ2v) is 6.01. The van der Waals surface area contributed by atoms with E-state index in [-0.39, 0.29) is 12.3 Å². The third kappa shape index (κ3) is 3.57. The SMILES string of the molecule is Cc1cc(F)c(=O)n(CC(=O)c2cnn(Cc3ccccc3)c2C)c1. The Labute approximate surface area is 144 Å². The van der Waals surface area contributed by atoms with Crippen LogP contribution in [-0.4, -0.2) is 20.1 Å². The van der Waals surface area contributed by atoms with E-state index in [9.17, 15) is 14.0 Å². The number of aryl methyl sites for hydroxylation is 1. The van der Waals surface area contributed by atoms with Crippen molar-refractivity contribution < 1.29 is 9.18 Å². The maximum absolute atomic E-state index is 13.6. The number of ketones is 1. The molecular weight excluding hydrogens is 321 g/mol. The lowest BCUT2D eigenvalue weighted by atomic mass is 10.1. The summed E-state index contributed by atoms with van der Waals surface area (Å²) in [6.07, 6.45) is 2.98. The van der Waals surface area contributed by atoms with Crippen molar-refractivity contribution in [1.82, 2.24) is 14.3 Å². The summed E-state index contributed by atoms with van der Waals surface area (Å²) >= 11 is 0. The molecule has 0 atom stereocenters. The first-order chi connectivity index (χ1) is 12.0. The van der Waals surface area contributed by atoms with Crippen LogP contribution >= 0.6 is 0 Å². The second kappa shape index (κ2) is 6.84. The van der Waals surface area contributed by atoms with Crippen LogP contribution in [0.3, 0.4) is 0 Å². The lowest BCUT2D eigenvalue weighted by molar-refractivity contribution is 0.0969. The molecule has 3 aromatic rings. The van der Waals surface area contributed by atoms with E-state index in [2.05, 4.69) is 5.10 Å². The van der Waals surface area contributed by atoms with Gasteiger partial charge in [0.15, 0.2) is 11.6 Å². The molecule has 3 rings (SSSR count). The summed E-state index contributed by atoms with van der Waals surface area (Å²) in [5, 5.41) is 4.27. The van der Waals surface area contributed by atoms with Crippen LogP contribution in [-0.2, 0) is 13.1 Å². The quantitative estimate of drug-likeness (QED) is 0.672. The molecular formula is C19H18FN3O2. The van der Waals surface area contributed by atoms with Crippen molar-refractivity contribution in [2.75, 3.05) is 0 Å². The Bertz CT molecular complexity index is 974. The molecule has 0 aliphatic heterocycles. The lowest BCUT2D eigenvalue weighted by Gasteiger charge is -2.08. The first kappa shape index (κ1) is 16.8. The van der Waals surface area contributed by atoms with Gasteiger partial charge < -0.3 is 4.57 Å². The zero-order chi connectivity index (χ0) is 18.0. The summed E-state index contributed by atoms with van der Waals surface area (Å²) in [5.41, 5.74) is 2.01. The molecule has 0 bridgehead atoms. The fraction of sp³-hybridized carbons (Fsp3) is 0.211. The van der Waals surface area contributed by atoms with Gasteiger partial charge in [-0.3, -0.25) is 14.3 Å². The van der Waals surface area contributed by atoms with Gasteiger partial charge in [0, 0.05) is 11.9 Å². The van der Waals surface area contributed by atoms with Gasteiger partial charge >= 0.3 is 0 Å². The second-order valence-electron chi connectivity index (χ2n) is 6.01. The largest absolute Gasteiger partial charge is 0.305 e. The predicted molar refractivity (Wildman–Crippen MR) is 92.2 cm³/mol. The van der Waals surface area contributed by atoms with E-state index in [1.165, 1.54) is 12.4 Å². The van der Waals surface area contributed by atoms with Gasteiger partial charge in [0.2, 0.25) is 0 Å². The lowest BCUT2D eigenvalue weighted by Crippen LogP contribution is -2.26. The minimum absolute atomic E-state index is 0.213. The molecule has 6 heteroatoms. The Kier molecular flexibility index (Phi) is 4.61. The van der Waals surface area contributed by atoms with Gasteiger partial charge in [-0.2, -0.15) is 5.10 Å². The zero-order valence-corrected chi connectivity index (χ0v) is 14.1. The molecule has 0 fully saturated rings. The van der Waals surface area contributed by atoms with Gasteiger partial charge in [-0.25, -0.2) is 4.39 Å². The van der Waals surface area contributed by atoms with Gasteiger partial charge in [0.1, 0.15) is 0 Å². The maximum atomic E-state index is 13.6. The number of hydrogen-bond donors (Lipinski definition) is 0. The van der Waals surface area contributed by atoms with Crippen molar-refractivity contribution in [3.05, 3.63) is 87.3 Å². The van der Waals surface area contributed by atoms with Gasteiger partial charge in [0.05, 0.1) is 24.8 Å². The first-order valence-electron chi connectivity index (χ1n) is 7.92. The van der Waals surface area contributed by atoms with Crippen LogP contribution in [0, 0.1) is 19.7 Å². The molecule has 0 aliphatic carbocycles. The normalized spacial score (nSPS) is 10.8. The van der Waals surface area contributed by atoms with Crippen LogP contribution in [0.1, 0.15) is 27.2 Å². The van der Waals surface area contributed by atoms with E-state index < -0.39 is 11.4 Å². The standard InChI is InChI=1S/C19H18FN3O2/c1-13-8-17(20)19(25)22(10-13)12-18(24)16-9-21-23(14(16)2)11-15-6-4-3-5-7-15/h3-10H,11-12H2,1-2H3. The van der Waals surface area contributed by atoms with E-state index in [0.717, 1.165) is 21.9 Å². The van der Waals surface area contributed by atoms with Crippen molar-refractivity contribution in [1.29, 1.82) is 0 Å². The number of benzene rings is 1. The Morgan fingerprint density at radius 2 is 1.92 bits per heavy atom. The highest BCUT2D eigenvalue weighted by Crippen LogP contribution is 2.12. The van der Waals surface area contributed by atoms with Crippen molar-refractivity contribution in [2.24, 2.45) is 0 Å². The number of aromatic nitrogens is 3. The molecule has 0 saturated carbocycles. The minimum Gasteiger partial charge on any atom is -0.305 e. The van der Waals surface area contributed by atoms with E-state index in [4.69, 9.17) is 0 Å². The molecule has 2 heterocycles. The molecule has 0 radical (unpaired) electrons. The molecule has 0 spiro atoms. The molecule has 0 N–H and O–H groups in total. The summed E-state index contributed by atoms with van der Waals surface area (Å²) in [6, 6.07) is 11.0. The fourth-order valence-electron chi connectivity index (χ4n) is 2.73. The summed E-state index contributed by atoms with van der Waals surface area (Å²) < 4.78 is 16.4. The number of carbonyl (C=O) groups excluding carboxylic acids is 1. The molecule has 0 amide bonds. The summed E-state index contributed by atoms with van der Waals surface area (Å²) in [5.74, 6) is -1.13. The minimum atomic E-state index is -0.857. The molecule has 128 valence electrons. The van der Waals surface area contributed by atoms with Crippen molar-refractivity contribution in [2.45, 2.75) is 26.9 Å². The molecule has 1 aromatic carbocycles. The number of Topliss-reactive ketones (excluding diaryl/α,β-unsaturated/α-hetero) is 1. The highest BCUT2D eigenvalue weighted by atomic mass is 19.1. The number of rotatable bonds is 5. The number of nitrogens with zero attached hydrogens (tertiary/aromatic N) is 3. The summed E-state index contributed by atoms with van der Waals surface area (Å²) in [4.78, 5) is 24.4. The Morgan fingerprint density at radius 1 is 1.20 bits per heavy atom. The number of halogens is 1. The highest BCUT2D eigenvalue weighted by Gasteiger charge is 2.16. The van der Waals surface area contributed by atoms with E-state index in [1.807, 2.05) is 37.3 Å². The Morgan fingerprint density at radius 3 is 2.64 bits per heavy atom. The van der Waals surface area contributed by atoms with Crippen molar-refractivity contribution in [3.63, 3.8) is 0 Å². The number of hydrogen-bond acceptors (Lipinski definition) is 3. The van der Waals surface area contributed by atoms with Gasteiger partial charge in [-0.05, 0) is 31.0 Å². The van der Waals surface area contributed by atoms with E-state index in [1.54, 1.807) is 11.6 Å². The van der Waals surface area contributed by atoms with Gasteiger partial charge in [-0.15, -0.1) is 0 Å². The van der Waals surface area contributed by atoms with Crippen LogP contribution in [0.2, 0.25) is 0 Å². The third-order valence-corrected chi connectivity index (χ3v) is 4.07. The van der Waals surface area contributed by atoms with E-state index in [0.29, 0.717) is 17.7 Å². The van der Waals surface area contributed by atoms with Gasteiger partial charge in [0.25, 0.3) is 5.56 Å². The average Bonchev–Trinajstić information content (AvgIpc) is 2.94. The average molecular weight is 339 g/mol. The Hall–Kier alpha value is -3.02.